The molecule has 0 aliphatic carbocycles. The van der Waals surface area contributed by atoms with Gasteiger partial charge in [-0.25, -0.2) is 24.4 Å². The van der Waals surface area contributed by atoms with E-state index in [0.717, 1.165) is 40.8 Å². The summed E-state index contributed by atoms with van der Waals surface area (Å²) in [6.07, 6.45) is 3.08. The van der Waals surface area contributed by atoms with E-state index in [0.29, 0.717) is 23.9 Å². The van der Waals surface area contributed by atoms with Crippen LogP contribution in [-0.4, -0.2) is 118 Å². The van der Waals surface area contributed by atoms with Crippen LogP contribution in [0.15, 0.2) is 60.9 Å². The number of hydrogen-bond donors (Lipinski definition) is 4. The van der Waals surface area contributed by atoms with Gasteiger partial charge in [0.05, 0.1) is 64.4 Å². The molecule has 2 aromatic carbocycles. The van der Waals surface area contributed by atoms with Gasteiger partial charge in [-0.3, -0.25) is 14.5 Å². The van der Waals surface area contributed by atoms with Gasteiger partial charge in [0.1, 0.15) is 29.8 Å². The maximum atomic E-state index is 13.8. The molecule has 4 N–H and O–H groups in total. The number of alkyl carbamates (subject to hydrolysis) is 2. The van der Waals surface area contributed by atoms with Gasteiger partial charge in [-0.2, -0.15) is 0 Å². The number of amides is 5. The number of benzene rings is 2. The molecule has 17 nitrogen and oxygen atoms in total. The van der Waals surface area contributed by atoms with Crippen molar-refractivity contribution in [2.45, 2.75) is 64.7 Å². The first-order chi connectivity index (χ1) is 28.8. The molecule has 0 bridgehead atoms. The number of aromatic amines is 2. The molecule has 2 aliphatic rings. The summed E-state index contributed by atoms with van der Waals surface area (Å²) in [5.41, 5.74) is 4.92. The van der Waals surface area contributed by atoms with Gasteiger partial charge in [0.15, 0.2) is 0 Å². The Hall–Kier alpha value is -6.83. The fourth-order valence-electron chi connectivity index (χ4n) is 7.35. The highest BCUT2D eigenvalue weighted by Gasteiger charge is 2.43. The third-order valence-electron chi connectivity index (χ3n) is 10.7. The zero-order valence-corrected chi connectivity index (χ0v) is 34.8. The number of carbonyl (C=O) groups excluding carboxylic acids is 5. The van der Waals surface area contributed by atoms with Crippen LogP contribution in [-0.2, 0) is 23.8 Å². The number of likely N-dealkylation sites (tertiary alicyclic amines) is 1. The van der Waals surface area contributed by atoms with Crippen molar-refractivity contribution >= 4 is 30.1 Å². The van der Waals surface area contributed by atoms with Crippen molar-refractivity contribution in [2.75, 3.05) is 41.1 Å². The Morgan fingerprint density at radius 3 is 1.60 bits per heavy atom. The highest BCUT2D eigenvalue weighted by Crippen LogP contribution is 2.33. The zero-order valence-electron chi connectivity index (χ0n) is 34.8. The molecule has 0 saturated carbocycles. The SMILES string of the molecule is COC(=O)N[C@H](C(=O)N1CCC[C@H]1c1ncc(-c2ccc(C#Cc3ccc(-c4cnc([C@@H]5CN(C(=O)OC)CN5C(=O)[C@@H](NC(=O)OC)C(C)C)[nH]4)cc3)cc2)[nH]1)C(C)C. The molecule has 0 unspecified atom stereocenters. The summed E-state index contributed by atoms with van der Waals surface area (Å²) in [4.78, 5) is 84.4. The lowest BCUT2D eigenvalue weighted by atomic mass is 10.0. The minimum atomic E-state index is -0.889. The molecular formula is C43H51N9O8. The largest absolute Gasteiger partial charge is 0.453 e. The Bertz CT molecular complexity index is 2240. The Morgan fingerprint density at radius 1 is 0.683 bits per heavy atom. The Labute approximate surface area is 348 Å². The van der Waals surface area contributed by atoms with Gasteiger partial charge in [-0.1, -0.05) is 63.8 Å². The van der Waals surface area contributed by atoms with E-state index in [1.54, 1.807) is 17.3 Å². The lowest BCUT2D eigenvalue weighted by molar-refractivity contribution is -0.136. The second-order valence-electron chi connectivity index (χ2n) is 15.3. The molecule has 4 atom stereocenters. The summed E-state index contributed by atoms with van der Waals surface area (Å²) < 4.78 is 14.4. The topological polar surface area (TPSA) is 204 Å². The normalized spacial score (nSPS) is 17.2. The van der Waals surface area contributed by atoms with Crippen LogP contribution in [0.4, 0.5) is 14.4 Å². The minimum absolute atomic E-state index is 0.0416. The quantitative estimate of drug-likeness (QED) is 0.122. The molecule has 0 radical (unpaired) electrons. The van der Waals surface area contributed by atoms with Gasteiger partial charge in [0.2, 0.25) is 11.8 Å². The minimum Gasteiger partial charge on any atom is -0.453 e. The lowest BCUT2D eigenvalue weighted by Crippen LogP contribution is -2.51. The lowest BCUT2D eigenvalue weighted by Gasteiger charge is -2.30. The first kappa shape index (κ1) is 42.8. The van der Waals surface area contributed by atoms with E-state index >= 15 is 0 Å². The van der Waals surface area contributed by atoms with E-state index in [1.807, 2.05) is 76.2 Å². The van der Waals surface area contributed by atoms with E-state index < -0.39 is 36.4 Å². The molecule has 2 aliphatic heterocycles. The number of ether oxygens (including phenoxy) is 3. The van der Waals surface area contributed by atoms with Crippen molar-refractivity contribution < 1.29 is 38.2 Å². The monoisotopic (exact) mass is 821 g/mol. The van der Waals surface area contributed by atoms with Gasteiger partial charge in [-0.05, 0) is 60.1 Å². The van der Waals surface area contributed by atoms with E-state index in [2.05, 4.69) is 42.4 Å². The fraction of sp³-hybridized carbons (Fsp3) is 0.419. The van der Waals surface area contributed by atoms with Crippen LogP contribution in [0.25, 0.3) is 22.5 Å². The molecule has 6 rings (SSSR count). The molecule has 5 amide bonds. The van der Waals surface area contributed by atoms with E-state index in [9.17, 15) is 24.0 Å². The summed E-state index contributed by atoms with van der Waals surface area (Å²) in [6, 6.07) is 13.0. The van der Waals surface area contributed by atoms with Crippen molar-refractivity contribution in [1.29, 1.82) is 0 Å². The van der Waals surface area contributed by atoms with Crippen LogP contribution in [0.3, 0.4) is 0 Å². The van der Waals surface area contributed by atoms with Gasteiger partial charge in [-0.15, -0.1) is 0 Å². The summed E-state index contributed by atoms with van der Waals surface area (Å²) in [5, 5.41) is 5.29. The number of rotatable bonds is 10. The number of methoxy groups -OCH3 is 3. The molecular weight excluding hydrogens is 771 g/mol. The van der Waals surface area contributed by atoms with Crippen LogP contribution >= 0.6 is 0 Å². The average molecular weight is 822 g/mol. The number of H-pyrrole nitrogens is 2. The predicted molar refractivity (Wildman–Crippen MR) is 220 cm³/mol. The zero-order chi connectivity index (χ0) is 43.1. The maximum absolute atomic E-state index is 13.8. The third-order valence-corrected chi connectivity index (χ3v) is 10.7. The smallest absolute Gasteiger partial charge is 0.410 e. The standard InChI is InChI=1S/C43H51N9O8/c1-25(2)35(48-41(55)58-5)39(53)51-20-8-9-33(51)37-44-21-31(46-37)29-16-12-27(13-17-29)10-11-28-14-18-30(19-15-28)32-22-45-38(47-32)34-23-50(43(57)60-7)24-52(34)40(54)36(26(3)4)49-42(56)59-6/h12-19,21-22,25-26,33-36H,8-9,20,23-24H2,1-7H3,(H,44,46)(H,45,47)(H,48,55)(H,49,56)/t33-,34-,35-,36-/m0/s1. The number of aromatic nitrogens is 4. The van der Waals surface area contributed by atoms with Crippen molar-refractivity contribution in [3.05, 3.63) is 83.7 Å². The maximum Gasteiger partial charge on any atom is 0.410 e. The highest BCUT2D eigenvalue weighted by atomic mass is 16.5. The molecule has 2 fully saturated rings. The van der Waals surface area contributed by atoms with Gasteiger partial charge >= 0.3 is 18.3 Å². The number of nitrogens with one attached hydrogen (secondary N) is 4. The van der Waals surface area contributed by atoms with Crippen molar-refractivity contribution in [2.24, 2.45) is 11.8 Å². The summed E-state index contributed by atoms with van der Waals surface area (Å²) in [6.45, 7) is 8.07. The molecule has 60 heavy (non-hydrogen) atoms. The summed E-state index contributed by atoms with van der Waals surface area (Å²) >= 11 is 0. The highest BCUT2D eigenvalue weighted by molar-refractivity contribution is 5.87. The predicted octanol–water partition coefficient (Wildman–Crippen LogP) is 5.20. The molecule has 2 saturated heterocycles. The molecule has 0 spiro atoms. The van der Waals surface area contributed by atoms with E-state index in [-0.39, 0.29) is 42.9 Å². The number of nitrogens with zero attached hydrogens (tertiary/aromatic N) is 5. The van der Waals surface area contributed by atoms with Crippen LogP contribution in [0.1, 0.15) is 75.4 Å². The van der Waals surface area contributed by atoms with Crippen LogP contribution in [0, 0.1) is 23.7 Å². The van der Waals surface area contributed by atoms with E-state index in [4.69, 9.17) is 14.2 Å². The average Bonchev–Trinajstić information content (AvgIpc) is 4.10. The van der Waals surface area contributed by atoms with Crippen molar-refractivity contribution in [3.63, 3.8) is 0 Å². The Kier molecular flexibility index (Phi) is 13.4. The van der Waals surface area contributed by atoms with Crippen molar-refractivity contribution in [3.8, 4) is 34.4 Å². The molecule has 2 aromatic heterocycles. The molecule has 4 heterocycles. The first-order valence-corrected chi connectivity index (χ1v) is 19.8. The Morgan fingerprint density at radius 2 is 1.15 bits per heavy atom. The van der Waals surface area contributed by atoms with Crippen LogP contribution in [0.5, 0.6) is 0 Å². The molecule has 17 heteroatoms. The van der Waals surface area contributed by atoms with Crippen molar-refractivity contribution in [1.82, 2.24) is 45.3 Å². The number of carbonyl (C=O) groups is 5. The van der Waals surface area contributed by atoms with Gasteiger partial charge in [0.25, 0.3) is 0 Å². The Balaban J connectivity index is 1.11. The molecule has 4 aromatic rings. The van der Waals surface area contributed by atoms with Gasteiger partial charge in [0, 0.05) is 17.7 Å². The van der Waals surface area contributed by atoms with Crippen LogP contribution < -0.4 is 10.6 Å². The second kappa shape index (κ2) is 18.8. The van der Waals surface area contributed by atoms with E-state index in [1.165, 1.54) is 31.1 Å². The number of imidazole rings is 2. The number of hydrogen-bond acceptors (Lipinski definition) is 10. The first-order valence-electron chi connectivity index (χ1n) is 19.8. The second-order valence-corrected chi connectivity index (χ2v) is 15.3. The summed E-state index contributed by atoms with van der Waals surface area (Å²) in [5.74, 6) is 6.68. The third kappa shape index (κ3) is 9.54. The fourth-order valence-corrected chi connectivity index (χ4v) is 7.35. The molecule has 316 valence electrons. The van der Waals surface area contributed by atoms with Crippen LogP contribution in [0.2, 0.25) is 0 Å². The summed E-state index contributed by atoms with van der Waals surface area (Å²) in [7, 11) is 3.78. The van der Waals surface area contributed by atoms with Gasteiger partial charge < -0.3 is 44.6 Å².